The number of ether oxygens (including phenoxy) is 5. The van der Waals surface area contributed by atoms with Crippen LogP contribution in [0, 0.1) is 0 Å². The second kappa shape index (κ2) is 14.9. The molecule has 0 unspecified atom stereocenters. The van der Waals surface area contributed by atoms with E-state index in [1.165, 1.54) is 86.0 Å². The average Bonchev–Trinajstić information content (AvgIpc) is 3.23. The van der Waals surface area contributed by atoms with Gasteiger partial charge in [-0.25, -0.2) is 13.2 Å². The van der Waals surface area contributed by atoms with Crippen LogP contribution in [0.25, 0.3) is 11.0 Å². The van der Waals surface area contributed by atoms with Gasteiger partial charge in [0, 0.05) is 44.4 Å². The molecule has 0 fully saturated rings. The molecule has 12 nitrogen and oxygen atoms in total. The van der Waals surface area contributed by atoms with Crippen molar-refractivity contribution in [1.82, 2.24) is 9.13 Å². The number of benzene rings is 3. The normalized spacial score (nSPS) is 11.8. The van der Waals surface area contributed by atoms with Gasteiger partial charge in [-0.2, -0.15) is 13.2 Å². The van der Waals surface area contributed by atoms with Crippen LogP contribution in [0.1, 0.15) is 25.7 Å². The third kappa shape index (κ3) is 8.83. The van der Waals surface area contributed by atoms with E-state index in [0.717, 1.165) is 19.3 Å². The third-order valence-corrected chi connectivity index (χ3v) is 8.50. The lowest BCUT2D eigenvalue weighted by atomic mass is 10.2. The zero-order valence-corrected chi connectivity index (χ0v) is 27.2. The number of halogens is 3. The van der Waals surface area contributed by atoms with Gasteiger partial charge in [-0.15, -0.1) is 0 Å². The van der Waals surface area contributed by atoms with Crippen molar-refractivity contribution in [3.8, 4) is 34.5 Å². The van der Waals surface area contributed by atoms with Crippen molar-refractivity contribution in [3.63, 3.8) is 0 Å². The van der Waals surface area contributed by atoms with Crippen molar-refractivity contribution in [2.45, 2.75) is 36.8 Å². The fourth-order valence-electron chi connectivity index (χ4n) is 4.73. The minimum atomic E-state index is -4.60. The van der Waals surface area contributed by atoms with Crippen molar-refractivity contribution in [1.29, 1.82) is 0 Å². The van der Waals surface area contributed by atoms with Crippen molar-refractivity contribution < 1.29 is 45.3 Å². The molecular weight excluding hydrogens is 645 g/mol. The zero-order valence-electron chi connectivity index (χ0n) is 26.3. The Morgan fingerprint density at radius 1 is 0.787 bits per heavy atom. The van der Waals surface area contributed by atoms with Gasteiger partial charge in [0.2, 0.25) is 0 Å². The molecule has 4 aromatic rings. The lowest BCUT2D eigenvalue weighted by Crippen LogP contribution is -2.19. The number of nitrogens with one attached hydrogen (secondary N) is 1. The molecule has 0 amide bonds. The molecule has 0 spiro atoms. The number of rotatable bonds is 16. The highest BCUT2D eigenvalue weighted by molar-refractivity contribution is 7.92. The first-order valence-corrected chi connectivity index (χ1v) is 16.0. The van der Waals surface area contributed by atoms with E-state index in [4.69, 9.17) is 29.4 Å². The number of methoxy groups -OCH3 is 2. The molecule has 0 aliphatic rings. The van der Waals surface area contributed by atoms with Crippen LogP contribution in [0.4, 0.5) is 18.9 Å². The van der Waals surface area contributed by atoms with E-state index in [0.29, 0.717) is 29.7 Å². The van der Waals surface area contributed by atoms with Gasteiger partial charge in [0.1, 0.15) is 17.2 Å². The summed E-state index contributed by atoms with van der Waals surface area (Å²) < 4.78 is 98.7. The van der Waals surface area contributed by atoms with Gasteiger partial charge in [0.25, 0.3) is 10.0 Å². The molecule has 0 bridgehead atoms. The Hall–Kier alpha value is -4.57. The highest BCUT2D eigenvalue weighted by Gasteiger charge is 2.29. The maximum Gasteiger partial charge on any atom is 0.422 e. The van der Waals surface area contributed by atoms with Crippen LogP contribution >= 0.6 is 0 Å². The Bertz CT molecular complexity index is 1870. The highest BCUT2D eigenvalue weighted by atomic mass is 32.2. The summed E-state index contributed by atoms with van der Waals surface area (Å²) in [5.74, 6) is 0.434. The summed E-state index contributed by atoms with van der Waals surface area (Å²) in [4.78, 5) is 12.6. The van der Waals surface area contributed by atoms with E-state index >= 15 is 0 Å². The van der Waals surface area contributed by atoms with Crippen LogP contribution in [-0.2, 0) is 24.1 Å². The Labute approximate surface area is 269 Å². The SMILES string of the molecule is COc1ccc(S(=O)(=O)Nc2cc3c(cc2Oc2cc(OCCCCCCN)cc(OCC(F)(F)F)c2)n(C)c(=O)n3C)cc1OC. The molecule has 0 aliphatic carbocycles. The fourth-order valence-corrected chi connectivity index (χ4v) is 5.81. The second-order valence-corrected chi connectivity index (χ2v) is 12.2. The monoisotopic (exact) mass is 682 g/mol. The Balaban J connectivity index is 1.74. The second-order valence-electron chi connectivity index (χ2n) is 10.6. The predicted octanol–water partition coefficient (Wildman–Crippen LogP) is 5.33. The molecule has 0 saturated carbocycles. The fraction of sp³-hybridized carbons (Fsp3) is 0.387. The summed E-state index contributed by atoms with van der Waals surface area (Å²) in [6.45, 7) is -0.694. The molecule has 0 aliphatic heterocycles. The minimum Gasteiger partial charge on any atom is -0.493 e. The van der Waals surface area contributed by atoms with Crippen LogP contribution in [0.2, 0.25) is 0 Å². The van der Waals surface area contributed by atoms with E-state index in [9.17, 15) is 26.4 Å². The van der Waals surface area contributed by atoms with Gasteiger partial charge < -0.3 is 29.4 Å². The molecule has 0 saturated heterocycles. The number of aryl methyl sites for hydroxylation is 2. The number of fused-ring (bicyclic) bond motifs is 1. The Kier molecular flexibility index (Phi) is 11.2. The van der Waals surface area contributed by atoms with Gasteiger partial charge in [-0.3, -0.25) is 13.9 Å². The molecule has 47 heavy (non-hydrogen) atoms. The summed E-state index contributed by atoms with van der Waals surface area (Å²) in [7, 11) is 1.56. The highest BCUT2D eigenvalue weighted by Crippen LogP contribution is 2.39. The van der Waals surface area contributed by atoms with E-state index in [1.807, 2.05) is 0 Å². The molecule has 4 rings (SSSR count). The molecule has 1 aromatic heterocycles. The third-order valence-electron chi connectivity index (χ3n) is 7.13. The van der Waals surface area contributed by atoms with Crippen LogP contribution in [0.5, 0.6) is 34.5 Å². The lowest BCUT2D eigenvalue weighted by Gasteiger charge is -2.17. The number of anilines is 1. The summed E-state index contributed by atoms with van der Waals surface area (Å²) in [5, 5.41) is 0. The van der Waals surface area contributed by atoms with Crippen molar-refractivity contribution in [3.05, 3.63) is 59.0 Å². The minimum absolute atomic E-state index is 0.00495. The number of nitrogens with two attached hydrogens (primary N) is 1. The molecule has 0 radical (unpaired) electrons. The largest absolute Gasteiger partial charge is 0.493 e. The van der Waals surface area contributed by atoms with Gasteiger partial charge in [0.15, 0.2) is 23.9 Å². The smallest absolute Gasteiger partial charge is 0.422 e. The molecule has 3 N–H and O–H groups in total. The summed E-state index contributed by atoms with van der Waals surface area (Å²) in [6, 6.07) is 10.9. The number of aromatic nitrogens is 2. The number of hydrogen-bond acceptors (Lipinski definition) is 9. The van der Waals surface area contributed by atoms with Crippen LogP contribution in [0.15, 0.2) is 58.2 Å². The van der Waals surface area contributed by atoms with Crippen LogP contribution in [0.3, 0.4) is 0 Å². The maximum absolute atomic E-state index is 13.6. The van der Waals surface area contributed by atoms with E-state index in [1.54, 1.807) is 0 Å². The summed E-state index contributed by atoms with van der Waals surface area (Å²) >= 11 is 0. The van der Waals surface area contributed by atoms with Gasteiger partial charge >= 0.3 is 11.9 Å². The molecule has 16 heteroatoms. The predicted molar refractivity (Wildman–Crippen MR) is 170 cm³/mol. The van der Waals surface area contributed by atoms with Crippen molar-refractivity contribution >= 4 is 26.7 Å². The van der Waals surface area contributed by atoms with Crippen molar-refractivity contribution in [2.75, 3.05) is 38.7 Å². The average molecular weight is 683 g/mol. The first-order valence-electron chi connectivity index (χ1n) is 14.6. The van der Waals surface area contributed by atoms with Gasteiger partial charge in [-0.05, 0) is 37.6 Å². The van der Waals surface area contributed by atoms with Gasteiger partial charge in [0.05, 0.1) is 42.4 Å². The standard InChI is InChI=1S/C31H37F3N4O8S/c1-37-25-17-24(36-47(40,41)23-9-10-27(42-3)29(16-23)43-4)28(18-26(25)38(2)30(37)39)46-22-14-20(44-12-8-6-5-7-11-35)13-21(15-22)45-19-31(32,33)34/h9-10,13-18,36H,5-8,11-12,19,35H2,1-4H3. The number of hydrogen-bond donors (Lipinski definition) is 2. The van der Waals surface area contributed by atoms with E-state index in [2.05, 4.69) is 4.72 Å². The lowest BCUT2D eigenvalue weighted by molar-refractivity contribution is -0.153. The van der Waals surface area contributed by atoms with Gasteiger partial charge in [-0.1, -0.05) is 12.8 Å². The zero-order chi connectivity index (χ0) is 34.4. The topological polar surface area (TPSA) is 145 Å². The summed E-state index contributed by atoms with van der Waals surface area (Å²) in [5.41, 5.74) is 5.88. The van der Waals surface area contributed by atoms with E-state index in [-0.39, 0.29) is 51.6 Å². The van der Waals surface area contributed by atoms with Crippen LogP contribution < -0.4 is 39.8 Å². The van der Waals surface area contributed by atoms with Crippen molar-refractivity contribution in [2.24, 2.45) is 19.8 Å². The molecule has 256 valence electrons. The number of imidazole rings is 1. The molecular formula is C31H37F3N4O8S. The molecule has 0 atom stereocenters. The summed E-state index contributed by atoms with van der Waals surface area (Å²) in [6.07, 6.45) is -1.28. The molecule has 3 aromatic carbocycles. The van der Waals surface area contributed by atoms with Crippen LogP contribution in [-0.4, -0.2) is 57.7 Å². The number of unbranched alkanes of at least 4 members (excludes halogenated alkanes) is 3. The first kappa shape index (κ1) is 35.3. The first-order chi connectivity index (χ1) is 22.3. The number of nitrogens with zero attached hydrogens (tertiary/aromatic N) is 2. The van der Waals surface area contributed by atoms with E-state index < -0.39 is 22.8 Å². The Morgan fingerprint density at radius 3 is 2.04 bits per heavy atom. The quantitative estimate of drug-likeness (QED) is 0.150. The molecule has 1 heterocycles. The number of sulfonamides is 1. The number of alkyl halides is 3. The Morgan fingerprint density at radius 2 is 1.40 bits per heavy atom. The maximum atomic E-state index is 13.6.